The third-order valence-corrected chi connectivity index (χ3v) is 5.75. The maximum Gasteiger partial charge on any atom is 0.223 e. The highest BCUT2D eigenvalue weighted by atomic mass is 32.1. The second-order valence-electron chi connectivity index (χ2n) is 6.35. The van der Waals surface area contributed by atoms with Gasteiger partial charge in [0.25, 0.3) is 0 Å². The van der Waals surface area contributed by atoms with E-state index in [4.69, 9.17) is 4.98 Å². The highest BCUT2D eigenvalue weighted by Gasteiger charge is 2.27. The summed E-state index contributed by atoms with van der Waals surface area (Å²) in [6.07, 6.45) is 4.00. The van der Waals surface area contributed by atoms with Crippen LogP contribution in [0.3, 0.4) is 0 Å². The number of hydrogen-bond donors (Lipinski definition) is 1. The lowest BCUT2D eigenvalue weighted by Crippen LogP contribution is -2.33. The molecule has 0 bridgehead atoms. The molecule has 0 spiro atoms. The molecular formula is C20H18FN3OS. The molecule has 132 valence electrons. The van der Waals surface area contributed by atoms with Gasteiger partial charge in [0.05, 0.1) is 11.4 Å². The molecular weight excluding hydrogens is 349 g/mol. The highest BCUT2D eigenvalue weighted by molar-refractivity contribution is 7.15. The van der Waals surface area contributed by atoms with Gasteiger partial charge in [0, 0.05) is 29.1 Å². The molecule has 3 aromatic rings. The van der Waals surface area contributed by atoms with Crippen LogP contribution in [0.1, 0.15) is 22.6 Å². The van der Waals surface area contributed by atoms with Crippen LogP contribution >= 0.6 is 11.3 Å². The summed E-state index contributed by atoms with van der Waals surface area (Å²) in [5, 5.41) is 3.78. The first-order chi connectivity index (χ1) is 12.7. The van der Waals surface area contributed by atoms with Gasteiger partial charge >= 0.3 is 0 Å². The van der Waals surface area contributed by atoms with Crippen molar-refractivity contribution >= 4 is 17.2 Å². The first-order valence-electron chi connectivity index (χ1n) is 8.62. The Labute approximate surface area is 155 Å². The van der Waals surface area contributed by atoms with Gasteiger partial charge in [0.15, 0.2) is 0 Å². The van der Waals surface area contributed by atoms with Crippen molar-refractivity contribution in [2.45, 2.75) is 25.8 Å². The molecule has 4 rings (SSSR count). The average molecular weight is 367 g/mol. The number of benzene rings is 1. The summed E-state index contributed by atoms with van der Waals surface area (Å²) in [5.74, 6) is -0.404. The molecule has 4 nitrogen and oxygen atoms in total. The normalized spacial score (nSPS) is 16.1. The summed E-state index contributed by atoms with van der Waals surface area (Å²) in [5.41, 5.74) is 2.45. The molecule has 1 amide bonds. The number of carbonyl (C=O) groups is 1. The molecule has 1 aliphatic carbocycles. The molecule has 1 N–H and O–H groups in total. The monoisotopic (exact) mass is 367 g/mol. The number of aryl methyl sites for hydroxylation is 1. The summed E-state index contributed by atoms with van der Waals surface area (Å²) in [7, 11) is 0. The van der Waals surface area contributed by atoms with E-state index >= 15 is 0 Å². The lowest BCUT2D eigenvalue weighted by atomic mass is 9.90. The Kier molecular flexibility index (Phi) is 4.75. The van der Waals surface area contributed by atoms with Gasteiger partial charge in [-0.2, -0.15) is 0 Å². The van der Waals surface area contributed by atoms with E-state index < -0.39 is 0 Å². The number of amides is 1. The lowest BCUT2D eigenvalue weighted by Gasteiger charge is -2.20. The molecule has 0 fully saturated rings. The number of rotatable bonds is 4. The minimum absolute atomic E-state index is 0.0216. The fourth-order valence-electron chi connectivity index (χ4n) is 3.17. The van der Waals surface area contributed by atoms with Crippen LogP contribution in [0.25, 0.3) is 10.7 Å². The Morgan fingerprint density at radius 1 is 1.23 bits per heavy atom. The number of thiazole rings is 1. The number of aromatic nitrogens is 2. The van der Waals surface area contributed by atoms with Crippen molar-refractivity contribution < 1.29 is 9.18 Å². The van der Waals surface area contributed by atoms with Crippen molar-refractivity contribution in [2.24, 2.45) is 5.92 Å². The van der Waals surface area contributed by atoms with E-state index in [0.717, 1.165) is 34.1 Å². The predicted molar refractivity (Wildman–Crippen MR) is 99.1 cm³/mol. The molecule has 26 heavy (non-hydrogen) atoms. The molecule has 0 saturated carbocycles. The third-order valence-electron chi connectivity index (χ3n) is 4.61. The number of halogens is 1. The van der Waals surface area contributed by atoms with E-state index in [-0.39, 0.29) is 24.2 Å². The molecule has 0 saturated heterocycles. The molecule has 1 aliphatic rings. The van der Waals surface area contributed by atoms with E-state index in [0.29, 0.717) is 12.0 Å². The summed E-state index contributed by atoms with van der Waals surface area (Å²) < 4.78 is 13.7. The van der Waals surface area contributed by atoms with E-state index in [1.807, 2.05) is 18.2 Å². The zero-order valence-corrected chi connectivity index (χ0v) is 14.9. The van der Waals surface area contributed by atoms with Crippen LogP contribution in [0.4, 0.5) is 4.39 Å². The van der Waals surface area contributed by atoms with Crippen molar-refractivity contribution in [3.05, 3.63) is 70.6 Å². The van der Waals surface area contributed by atoms with Crippen molar-refractivity contribution in [3.63, 3.8) is 0 Å². The van der Waals surface area contributed by atoms with Crippen LogP contribution in [0.15, 0.2) is 48.7 Å². The number of nitrogens with zero attached hydrogens (tertiary/aromatic N) is 2. The van der Waals surface area contributed by atoms with Gasteiger partial charge in [0.1, 0.15) is 10.8 Å². The van der Waals surface area contributed by atoms with Crippen LogP contribution in [0, 0.1) is 11.7 Å². The van der Waals surface area contributed by atoms with Crippen molar-refractivity contribution in [2.75, 3.05) is 0 Å². The first kappa shape index (κ1) is 16.8. The van der Waals surface area contributed by atoms with Gasteiger partial charge in [-0.05, 0) is 37.5 Å². The van der Waals surface area contributed by atoms with Gasteiger partial charge in [0.2, 0.25) is 5.91 Å². The first-order valence-corrected chi connectivity index (χ1v) is 9.43. The smallest absolute Gasteiger partial charge is 0.223 e. The number of hydrogen-bond acceptors (Lipinski definition) is 4. The quantitative estimate of drug-likeness (QED) is 0.764. The van der Waals surface area contributed by atoms with Gasteiger partial charge in [-0.25, -0.2) is 9.37 Å². The van der Waals surface area contributed by atoms with Crippen molar-refractivity contribution in [3.8, 4) is 10.7 Å². The summed E-state index contributed by atoms with van der Waals surface area (Å²) in [4.78, 5) is 22.7. The number of carbonyl (C=O) groups excluding carboxylic acids is 1. The Hall–Kier alpha value is -2.60. The molecule has 1 aromatic carbocycles. The van der Waals surface area contributed by atoms with Gasteiger partial charge in [-0.3, -0.25) is 9.78 Å². The summed E-state index contributed by atoms with van der Waals surface area (Å²) in [6, 6.07) is 12.3. The maximum atomic E-state index is 13.7. The number of nitrogens with one attached hydrogen (secondary N) is 1. The van der Waals surface area contributed by atoms with E-state index in [1.165, 1.54) is 6.07 Å². The third kappa shape index (κ3) is 3.51. The molecule has 0 aliphatic heterocycles. The second kappa shape index (κ2) is 7.33. The molecule has 1 unspecified atom stereocenters. The van der Waals surface area contributed by atoms with E-state index in [9.17, 15) is 9.18 Å². The minimum atomic E-state index is -0.291. The fraction of sp³-hybridized carbons (Fsp3) is 0.250. The number of fused-ring (bicyclic) bond motifs is 1. The van der Waals surface area contributed by atoms with Gasteiger partial charge < -0.3 is 5.32 Å². The van der Waals surface area contributed by atoms with E-state index in [1.54, 1.807) is 35.7 Å². The Morgan fingerprint density at radius 2 is 2.08 bits per heavy atom. The van der Waals surface area contributed by atoms with Gasteiger partial charge in [-0.1, -0.05) is 24.3 Å². The Balaban J connectivity index is 1.42. The van der Waals surface area contributed by atoms with Crippen LogP contribution in [-0.2, 0) is 24.2 Å². The molecule has 2 aromatic heterocycles. The second-order valence-corrected chi connectivity index (χ2v) is 7.44. The molecule has 0 radical (unpaired) electrons. The fourth-order valence-corrected chi connectivity index (χ4v) is 4.33. The standard InChI is InChI=1S/C20H18FN3OS/c21-15-6-2-1-5-14(15)12-23-19(25)13-8-9-16-18(11-13)26-20(24-16)17-7-3-4-10-22-17/h1-7,10,13H,8-9,11-12H2,(H,23,25). The van der Waals surface area contributed by atoms with Crippen LogP contribution in [-0.4, -0.2) is 15.9 Å². The van der Waals surface area contributed by atoms with Crippen LogP contribution in [0.2, 0.25) is 0 Å². The minimum Gasteiger partial charge on any atom is -0.352 e. The number of pyridine rings is 1. The topological polar surface area (TPSA) is 54.9 Å². The summed E-state index contributed by atoms with van der Waals surface area (Å²) in [6.45, 7) is 0.219. The zero-order valence-electron chi connectivity index (χ0n) is 14.1. The van der Waals surface area contributed by atoms with E-state index in [2.05, 4.69) is 10.3 Å². The molecule has 1 atom stereocenters. The average Bonchev–Trinajstić information content (AvgIpc) is 3.11. The summed E-state index contributed by atoms with van der Waals surface area (Å²) >= 11 is 1.61. The van der Waals surface area contributed by atoms with Crippen molar-refractivity contribution in [1.29, 1.82) is 0 Å². The van der Waals surface area contributed by atoms with Gasteiger partial charge in [-0.15, -0.1) is 11.3 Å². The van der Waals surface area contributed by atoms with Crippen LogP contribution in [0.5, 0.6) is 0 Å². The Morgan fingerprint density at radius 3 is 2.88 bits per heavy atom. The SMILES string of the molecule is O=C(NCc1ccccc1F)C1CCc2nc(-c3ccccn3)sc2C1. The largest absolute Gasteiger partial charge is 0.352 e. The van der Waals surface area contributed by atoms with Crippen LogP contribution < -0.4 is 5.32 Å². The van der Waals surface area contributed by atoms with Crippen molar-refractivity contribution in [1.82, 2.24) is 15.3 Å². The predicted octanol–water partition coefficient (Wildman–Crippen LogP) is 3.77. The zero-order chi connectivity index (χ0) is 17.9. The highest BCUT2D eigenvalue weighted by Crippen LogP contribution is 2.34. The molecule has 2 heterocycles. The lowest BCUT2D eigenvalue weighted by molar-refractivity contribution is -0.125. The molecule has 6 heteroatoms. The maximum absolute atomic E-state index is 13.7. The Bertz CT molecular complexity index is 926.